The Bertz CT molecular complexity index is 541. The minimum absolute atomic E-state index is 0.0225. The molecule has 1 aromatic carbocycles. The van der Waals surface area contributed by atoms with Crippen molar-refractivity contribution in [3.63, 3.8) is 0 Å². The van der Waals surface area contributed by atoms with E-state index < -0.39 is 0 Å². The van der Waals surface area contributed by atoms with Gasteiger partial charge >= 0.3 is 0 Å². The molecule has 0 aliphatic heterocycles. The molecule has 1 aliphatic carbocycles. The van der Waals surface area contributed by atoms with Gasteiger partial charge in [-0.15, -0.1) is 0 Å². The number of imidazole rings is 1. The monoisotopic (exact) mass is 231 g/mol. The summed E-state index contributed by atoms with van der Waals surface area (Å²) in [6.07, 6.45) is 4.66. The summed E-state index contributed by atoms with van der Waals surface area (Å²) in [4.78, 5) is 7.95. The summed E-state index contributed by atoms with van der Waals surface area (Å²) < 4.78 is 0. The molecule has 1 saturated carbocycles. The van der Waals surface area contributed by atoms with Crippen molar-refractivity contribution in [2.45, 2.75) is 31.1 Å². The van der Waals surface area contributed by atoms with Gasteiger partial charge in [0.2, 0.25) is 0 Å². The van der Waals surface area contributed by atoms with Crippen LogP contribution in [0.5, 0.6) is 5.75 Å². The maximum Gasteiger partial charge on any atom is 0.117 e. The summed E-state index contributed by atoms with van der Waals surface area (Å²) >= 11 is 0. The first-order valence-electron chi connectivity index (χ1n) is 6.13. The molecule has 0 saturated heterocycles. The molecule has 17 heavy (non-hydrogen) atoms. The van der Waals surface area contributed by atoms with Crippen molar-refractivity contribution in [2.24, 2.45) is 5.73 Å². The van der Waals surface area contributed by atoms with Crippen molar-refractivity contribution < 1.29 is 5.11 Å². The van der Waals surface area contributed by atoms with E-state index in [9.17, 15) is 5.11 Å². The number of rotatable bonds is 2. The molecule has 0 amide bonds. The fourth-order valence-electron chi connectivity index (χ4n) is 2.84. The molecule has 1 aliphatic rings. The summed E-state index contributed by atoms with van der Waals surface area (Å²) in [7, 11) is 0. The van der Waals surface area contributed by atoms with Crippen LogP contribution in [0.1, 0.15) is 31.5 Å². The molecule has 1 heterocycles. The first-order valence-corrected chi connectivity index (χ1v) is 6.13. The number of nitrogens with zero attached hydrogens (tertiary/aromatic N) is 1. The predicted octanol–water partition coefficient (Wildman–Crippen LogP) is 2.04. The van der Waals surface area contributed by atoms with Gasteiger partial charge in [-0.25, -0.2) is 4.98 Å². The molecule has 0 radical (unpaired) electrons. The summed E-state index contributed by atoms with van der Waals surface area (Å²) in [6.45, 7) is 0.638. The van der Waals surface area contributed by atoms with Crippen LogP contribution in [0, 0.1) is 0 Å². The summed E-state index contributed by atoms with van der Waals surface area (Å²) in [6, 6.07) is 5.21. The second-order valence-electron chi connectivity index (χ2n) is 4.98. The number of phenols is 1. The minimum atomic E-state index is 0.0225. The number of phenolic OH excluding ortho intramolecular Hbond substituents is 1. The molecule has 90 valence electrons. The first-order chi connectivity index (χ1) is 8.23. The Morgan fingerprint density at radius 1 is 1.35 bits per heavy atom. The van der Waals surface area contributed by atoms with E-state index in [-0.39, 0.29) is 11.2 Å². The normalized spacial score (nSPS) is 18.9. The van der Waals surface area contributed by atoms with E-state index in [4.69, 9.17) is 5.73 Å². The van der Waals surface area contributed by atoms with E-state index in [1.54, 1.807) is 12.1 Å². The molecule has 4 N–H and O–H groups in total. The van der Waals surface area contributed by atoms with Crippen LogP contribution in [-0.2, 0) is 5.41 Å². The predicted molar refractivity (Wildman–Crippen MR) is 67.0 cm³/mol. The number of benzene rings is 1. The van der Waals surface area contributed by atoms with Crippen LogP contribution < -0.4 is 5.73 Å². The number of fused-ring (bicyclic) bond motifs is 1. The van der Waals surface area contributed by atoms with Crippen LogP contribution in [0.15, 0.2) is 18.2 Å². The molecule has 0 atom stereocenters. The van der Waals surface area contributed by atoms with Gasteiger partial charge in [0.15, 0.2) is 0 Å². The number of H-pyrrole nitrogens is 1. The molecule has 0 bridgehead atoms. The van der Waals surface area contributed by atoms with Crippen LogP contribution in [0.25, 0.3) is 11.0 Å². The Morgan fingerprint density at radius 3 is 2.82 bits per heavy atom. The highest BCUT2D eigenvalue weighted by Gasteiger charge is 2.37. The smallest absolute Gasteiger partial charge is 0.117 e. The van der Waals surface area contributed by atoms with E-state index in [0.29, 0.717) is 6.54 Å². The van der Waals surface area contributed by atoms with Gasteiger partial charge < -0.3 is 15.8 Å². The van der Waals surface area contributed by atoms with Gasteiger partial charge in [-0.3, -0.25) is 0 Å². The maximum absolute atomic E-state index is 9.45. The second kappa shape index (κ2) is 3.74. The van der Waals surface area contributed by atoms with Crippen LogP contribution in [0.4, 0.5) is 0 Å². The highest BCUT2D eigenvalue weighted by atomic mass is 16.3. The molecule has 3 rings (SSSR count). The van der Waals surface area contributed by atoms with Crippen LogP contribution in [-0.4, -0.2) is 21.6 Å². The molecular weight excluding hydrogens is 214 g/mol. The van der Waals surface area contributed by atoms with E-state index in [2.05, 4.69) is 9.97 Å². The SMILES string of the molecule is NCC1(c2nc3ccc(O)cc3[nH]2)CCCC1. The third-order valence-corrected chi connectivity index (χ3v) is 3.92. The van der Waals surface area contributed by atoms with Crippen molar-refractivity contribution in [1.82, 2.24) is 9.97 Å². The van der Waals surface area contributed by atoms with Crippen LogP contribution in [0.3, 0.4) is 0 Å². The van der Waals surface area contributed by atoms with Gasteiger partial charge in [0.1, 0.15) is 11.6 Å². The van der Waals surface area contributed by atoms with Crippen LogP contribution in [0.2, 0.25) is 0 Å². The number of hydrogen-bond donors (Lipinski definition) is 3. The summed E-state index contributed by atoms with van der Waals surface area (Å²) in [5.74, 6) is 1.25. The Labute approximate surface area is 99.9 Å². The van der Waals surface area contributed by atoms with Gasteiger partial charge in [0.05, 0.1) is 11.0 Å². The lowest BCUT2D eigenvalue weighted by molar-refractivity contribution is 0.430. The molecule has 4 nitrogen and oxygen atoms in total. The van der Waals surface area contributed by atoms with Crippen molar-refractivity contribution in [1.29, 1.82) is 0 Å². The quantitative estimate of drug-likeness (QED) is 0.740. The van der Waals surface area contributed by atoms with E-state index in [1.165, 1.54) is 12.8 Å². The third-order valence-electron chi connectivity index (χ3n) is 3.92. The molecule has 1 aromatic heterocycles. The Hall–Kier alpha value is -1.55. The van der Waals surface area contributed by atoms with Gasteiger partial charge in [0, 0.05) is 18.0 Å². The minimum Gasteiger partial charge on any atom is -0.508 e. The number of hydrogen-bond acceptors (Lipinski definition) is 3. The molecule has 0 unspecified atom stereocenters. The van der Waals surface area contributed by atoms with Crippen molar-refractivity contribution in [3.8, 4) is 5.75 Å². The fraction of sp³-hybridized carbons (Fsp3) is 0.462. The average molecular weight is 231 g/mol. The summed E-state index contributed by atoms with van der Waals surface area (Å²) in [5.41, 5.74) is 7.75. The number of nitrogens with two attached hydrogens (primary N) is 1. The van der Waals surface area contributed by atoms with Crippen molar-refractivity contribution in [2.75, 3.05) is 6.54 Å². The zero-order valence-electron chi connectivity index (χ0n) is 9.74. The molecular formula is C13H17N3O. The zero-order valence-corrected chi connectivity index (χ0v) is 9.74. The number of aromatic nitrogens is 2. The number of aromatic hydroxyl groups is 1. The van der Waals surface area contributed by atoms with E-state index in [0.717, 1.165) is 29.7 Å². The molecule has 2 aromatic rings. The van der Waals surface area contributed by atoms with Crippen LogP contribution >= 0.6 is 0 Å². The number of nitrogens with one attached hydrogen (secondary N) is 1. The Morgan fingerprint density at radius 2 is 2.12 bits per heavy atom. The fourth-order valence-corrected chi connectivity index (χ4v) is 2.84. The summed E-state index contributed by atoms with van der Waals surface area (Å²) in [5, 5.41) is 9.45. The average Bonchev–Trinajstić information content (AvgIpc) is 2.94. The van der Waals surface area contributed by atoms with E-state index >= 15 is 0 Å². The number of aromatic amines is 1. The second-order valence-corrected chi connectivity index (χ2v) is 4.98. The lowest BCUT2D eigenvalue weighted by Gasteiger charge is -2.24. The van der Waals surface area contributed by atoms with Gasteiger partial charge in [-0.05, 0) is 25.0 Å². The lowest BCUT2D eigenvalue weighted by atomic mass is 9.85. The Balaban J connectivity index is 2.11. The molecule has 1 fully saturated rings. The highest BCUT2D eigenvalue weighted by molar-refractivity contribution is 5.76. The largest absolute Gasteiger partial charge is 0.508 e. The maximum atomic E-state index is 9.45. The van der Waals surface area contributed by atoms with Crippen molar-refractivity contribution >= 4 is 11.0 Å². The van der Waals surface area contributed by atoms with Crippen molar-refractivity contribution in [3.05, 3.63) is 24.0 Å². The topological polar surface area (TPSA) is 74.9 Å². The van der Waals surface area contributed by atoms with Gasteiger partial charge in [-0.2, -0.15) is 0 Å². The lowest BCUT2D eigenvalue weighted by Crippen LogP contribution is -2.33. The standard InChI is InChI=1S/C13H17N3O/c14-8-13(5-1-2-6-13)12-15-10-4-3-9(17)7-11(10)16-12/h3-4,7,17H,1-2,5-6,8,14H2,(H,15,16). The highest BCUT2D eigenvalue weighted by Crippen LogP contribution is 2.39. The molecule has 0 spiro atoms. The van der Waals surface area contributed by atoms with Gasteiger partial charge in [0.25, 0.3) is 0 Å². The molecule has 4 heteroatoms. The Kier molecular flexibility index (Phi) is 2.33. The van der Waals surface area contributed by atoms with Gasteiger partial charge in [-0.1, -0.05) is 12.8 Å². The third kappa shape index (κ3) is 1.60. The van der Waals surface area contributed by atoms with E-state index in [1.807, 2.05) is 6.07 Å². The zero-order chi connectivity index (χ0) is 11.9. The first kappa shape index (κ1) is 10.6.